The molecule has 6 nitrogen and oxygen atoms in total. The number of carbonyl (C=O) groups is 1. The zero-order chi connectivity index (χ0) is 17.3. The van der Waals surface area contributed by atoms with Crippen molar-refractivity contribution in [3.63, 3.8) is 0 Å². The maximum atomic E-state index is 13.1. The molecule has 2 aromatic rings. The average Bonchev–Trinajstić information content (AvgIpc) is 2.93. The Morgan fingerprint density at radius 3 is 2.83 bits per heavy atom. The first-order chi connectivity index (χ1) is 11.5. The van der Waals surface area contributed by atoms with Gasteiger partial charge in [0.1, 0.15) is 5.69 Å². The number of H-pyrrole nitrogens is 1. The van der Waals surface area contributed by atoms with Gasteiger partial charge in [0.25, 0.3) is 5.91 Å². The standard InChI is InChI=1S/C18H24N4O2/c1-11(2)14-6-5-7-15(19-14)18(23)22-8-9-24-10-16(22)17-12(3)20-21-13(17)4/h5-7,11,16H,8-10H2,1-4H3,(H,20,21). The van der Waals surface area contributed by atoms with Crippen molar-refractivity contribution in [1.29, 1.82) is 0 Å². The van der Waals surface area contributed by atoms with E-state index in [1.807, 2.05) is 30.9 Å². The van der Waals surface area contributed by atoms with Crippen molar-refractivity contribution in [2.45, 2.75) is 39.7 Å². The van der Waals surface area contributed by atoms with E-state index in [0.29, 0.717) is 25.5 Å². The van der Waals surface area contributed by atoms with Gasteiger partial charge in [-0.25, -0.2) is 4.98 Å². The third-order valence-electron chi connectivity index (χ3n) is 4.49. The van der Waals surface area contributed by atoms with Crippen LogP contribution in [0, 0.1) is 13.8 Å². The van der Waals surface area contributed by atoms with Crippen molar-refractivity contribution in [2.24, 2.45) is 0 Å². The van der Waals surface area contributed by atoms with Crippen molar-refractivity contribution in [2.75, 3.05) is 19.8 Å². The van der Waals surface area contributed by atoms with Crippen LogP contribution in [-0.2, 0) is 4.74 Å². The van der Waals surface area contributed by atoms with Gasteiger partial charge < -0.3 is 9.64 Å². The molecule has 6 heteroatoms. The molecule has 0 bridgehead atoms. The van der Waals surface area contributed by atoms with Crippen molar-refractivity contribution >= 4 is 5.91 Å². The molecule has 1 aliphatic rings. The lowest BCUT2D eigenvalue weighted by molar-refractivity contribution is -0.00334. The number of morpholine rings is 1. The lowest BCUT2D eigenvalue weighted by Crippen LogP contribution is -2.44. The summed E-state index contributed by atoms with van der Waals surface area (Å²) in [6.45, 7) is 9.66. The minimum Gasteiger partial charge on any atom is -0.377 e. The minimum atomic E-state index is -0.130. The average molecular weight is 328 g/mol. The molecule has 0 saturated carbocycles. The van der Waals surface area contributed by atoms with Gasteiger partial charge in [-0.15, -0.1) is 0 Å². The highest BCUT2D eigenvalue weighted by Gasteiger charge is 2.33. The number of carbonyl (C=O) groups excluding carboxylic acids is 1. The van der Waals surface area contributed by atoms with Crippen LogP contribution in [0.4, 0.5) is 0 Å². The van der Waals surface area contributed by atoms with Crippen molar-refractivity contribution in [3.05, 3.63) is 46.5 Å². The predicted octanol–water partition coefficient (Wildman–Crippen LogP) is 2.76. The molecule has 1 saturated heterocycles. The molecule has 0 aliphatic carbocycles. The summed E-state index contributed by atoms with van der Waals surface area (Å²) in [5.74, 6) is 0.238. The van der Waals surface area contributed by atoms with Crippen LogP contribution < -0.4 is 0 Å². The van der Waals surface area contributed by atoms with Crippen LogP contribution >= 0.6 is 0 Å². The predicted molar refractivity (Wildman–Crippen MR) is 91.0 cm³/mol. The van der Waals surface area contributed by atoms with E-state index in [-0.39, 0.29) is 17.9 Å². The Balaban J connectivity index is 1.93. The molecular weight excluding hydrogens is 304 g/mol. The highest BCUT2D eigenvalue weighted by atomic mass is 16.5. The van der Waals surface area contributed by atoms with E-state index in [1.54, 1.807) is 6.07 Å². The van der Waals surface area contributed by atoms with E-state index in [9.17, 15) is 4.79 Å². The number of aromatic amines is 1. The van der Waals surface area contributed by atoms with Crippen LogP contribution in [0.3, 0.4) is 0 Å². The van der Waals surface area contributed by atoms with Gasteiger partial charge >= 0.3 is 0 Å². The van der Waals surface area contributed by atoms with Gasteiger partial charge in [0.05, 0.1) is 24.9 Å². The fraction of sp³-hybridized carbons (Fsp3) is 0.500. The monoisotopic (exact) mass is 328 g/mol. The van der Waals surface area contributed by atoms with E-state index in [0.717, 1.165) is 22.6 Å². The van der Waals surface area contributed by atoms with Gasteiger partial charge in [-0.2, -0.15) is 5.10 Å². The van der Waals surface area contributed by atoms with E-state index in [2.05, 4.69) is 29.0 Å². The molecule has 24 heavy (non-hydrogen) atoms. The smallest absolute Gasteiger partial charge is 0.273 e. The molecule has 1 aliphatic heterocycles. The Kier molecular flexibility index (Phi) is 4.66. The van der Waals surface area contributed by atoms with Crippen LogP contribution in [-0.4, -0.2) is 45.7 Å². The summed E-state index contributed by atoms with van der Waals surface area (Å²) in [4.78, 5) is 19.5. The topological polar surface area (TPSA) is 71.1 Å². The Labute approximate surface area is 142 Å². The lowest BCUT2D eigenvalue weighted by atomic mass is 10.0. The number of ether oxygens (including phenoxy) is 1. The molecule has 1 atom stereocenters. The fourth-order valence-corrected chi connectivity index (χ4v) is 3.18. The molecule has 1 N–H and O–H groups in total. The lowest BCUT2D eigenvalue weighted by Gasteiger charge is -2.35. The molecule has 0 radical (unpaired) electrons. The van der Waals surface area contributed by atoms with E-state index >= 15 is 0 Å². The summed E-state index contributed by atoms with van der Waals surface area (Å²) in [7, 11) is 0. The normalized spacial score (nSPS) is 18.2. The number of nitrogens with zero attached hydrogens (tertiary/aromatic N) is 3. The summed E-state index contributed by atoms with van der Waals surface area (Å²) in [5, 5.41) is 7.26. The maximum absolute atomic E-state index is 13.1. The van der Waals surface area contributed by atoms with Gasteiger partial charge in [0.15, 0.2) is 0 Å². The fourth-order valence-electron chi connectivity index (χ4n) is 3.18. The summed E-state index contributed by atoms with van der Waals surface area (Å²) >= 11 is 0. The number of aryl methyl sites for hydroxylation is 2. The van der Waals surface area contributed by atoms with Crippen molar-refractivity contribution < 1.29 is 9.53 Å². The Bertz CT molecular complexity index is 719. The number of hydrogen-bond donors (Lipinski definition) is 1. The Morgan fingerprint density at radius 2 is 2.17 bits per heavy atom. The number of rotatable bonds is 3. The van der Waals surface area contributed by atoms with E-state index < -0.39 is 0 Å². The quantitative estimate of drug-likeness (QED) is 0.940. The van der Waals surface area contributed by atoms with Crippen LogP contribution in [0.5, 0.6) is 0 Å². The second-order valence-electron chi connectivity index (χ2n) is 6.54. The minimum absolute atomic E-state index is 0.0502. The number of hydrogen-bond acceptors (Lipinski definition) is 4. The Hall–Kier alpha value is -2.21. The first kappa shape index (κ1) is 16.6. The third-order valence-corrected chi connectivity index (χ3v) is 4.49. The van der Waals surface area contributed by atoms with E-state index in [1.165, 1.54) is 0 Å². The highest BCUT2D eigenvalue weighted by Crippen LogP contribution is 2.29. The molecular formula is C18H24N4O2. The van der Waals surface area contributed by atoms with Crippen LogP contribution in [0.25, 0.3) is 0 Å². The van der Waals surface area contributed by atoms with Crippen LogP contribution in [0.2, 0.25) is 0 Å². The zero-order valence-corrected chi connectivity index (χ0v) is 14.7. The molecule has 2 aromatic heterocycles. The van der Waals surface area contributed by atoms with Gasteiger partial charge in [-0.05, 0) is 31.9 Å². The molecule has 128 valence electrons. The van der Waals surface area contributed by atoms with Crippen LogP contribution in [0.1, 0.15) is 58.9 Å². The van der Waals surface area contributed by atoms with Gasteiger partial charge in [0, 0.05) is 23.5 Å². The second kappa shape index (κ2) is 6.73. The van der Waals surface area contributed by atoms with E-state index in [4.69, 9.17) is 4.74 Å². The first-order valence-electron chi connectivity index (χ1n) is 8.36. The number of aromatic nitrogens is 3. The maximum Gasteiger partial charge on any atom is 0.273 e. The number of nitrogens with one attached hydrogen (secondary N) is 1. The van der Waals surface area contributed by atoms with Gasteiger partial charge in [-0.3, -0.25) is 9.89 Å². The Morgan fingerprint density at radius 1 is 1.38 bits per heavy atom. The number of amides is 1. The molecule has 3 heterocycles. The highest BCUT2D eigenvalue weighted by molar-refractivity contribution is 5.92. The van der Waals surface area contributed by atoms with Crippen molar-refractivity contribution in [3.8, 4) is 0 Å². The molecule has 3 rings (SSSR count). The first-order valence-corrected chi connectivity index (χ1v) is 8.36. The van der Waals surface area contributed by atoms with Crippen molar-refractivity contribution in [1.82, 2.24) is 20.1 Å². The second-order valence-corrected chi connectivity index (χ2v) is 6.54. The third kappa shape index (κ3) is 3.06. The molecule has 1 fully saturated rings. The molecule has 0 aromatic carbocycles. The summed E-state index contributed by atoms with van der Waals surface area (Å²) < 4.78 is 5.64. The van der Waals surface area contributed by atoms with Crippen LogP contribution in [0.15, 0.2) is 18.2 Å². The molecule has 1 amide bonds. The SMILES string of the molecule is Cc1n[nH]c(C)c1C1COCCN1C(=O)c1cccc(C(C)C)n1. The summed E-state index contributed by atoms with van der Waals surface area (Å²) in [6, 6.07) is 5.52. The number of pyridine rings is 1. The van der Waals surface area contributed by atoms with Gasteiger partial charge in [-0.1, -0.05) is 19.9 Å². The largest absolute Gasteiger partial charge is 0.377 e. The van der Waals surface area contributed by atoms with Gasteiger partial charge in [0.2, 0.25) is 0 Å². The molecule has 1 unspecified atom stereocenters. The molecule has 0 spiro atoms. The summed E-state index contributed by atoms with van der Waals surface area (Å²) in [6.07, 6.45) is 0. The summed E-state index contributed by atoms with van der Waals surface area (Å²) in [5.41, 5.74) is 4.35. The zero-order valence-electron chi connectivity index (χ0n) is 14.7.